The predicted octanol–water partition coefficient (Wildman–Crippen LogP) is -2.58. The molecule has 0 saturated carbocycles. The summed E-state index contributed by atoms with van der Waals surface area (Å²) in [5.74, 6) is 0.855. The molecule has 61 heavy (non-hydrogen) atoms. The Morgan fingerprint density at radius 2 is 0.934 bits per heavy atom. The second kappa shape index (κ2) is 14.4. The number of furan rings is 1. The van der Waals surface area contributed by atoms with E-state index in [0.29, 0.717) is 105 Å². The molecule has 0 spiro atoms. The normalized spacial score (nSPS) is 11.7. The number of aromatic nitrogens is 3. The summed E-state index contributed by atoms with van der Waals surface area (Å²) in [7, 11) is 78.2. The van der Waals surface area contributed by atoms with Gasteiger partial charge in [-0.3, -0.25) is 0 Å². The van der Waals surface area contributed by atoms with E-state index in [9.17, 15) is 0 Å². The third-order valence-corrected chi connectivity index (χ3v) is 11.5. The fraction of sp³-hybridized carbons (Fsp3) is 0. The Morgan fingerprint density at radius 1 is 0.344 bits per heavy atom. The third-order valence-electron chi connectivity index (χ3n) is 11.5. The summed E-state index contributed by atoms with van der Waals surface area (Å²) in [5.41, 5.74) is 6.93. The van der Waals surface area contributed by atoms with E-state index in [1.165, 1.54) is 0 Å². The number of benzene rings is 8. The van der Waals surface area contributed by atoms with Crippen molar-refractivity contribution in [2.24, 2.45) is 0 Å². The maximum Gasteiger partial charge on any atom is 0.164 e. The van der Waals surface area contributed by atoms with Gasteiger partial charge in [-0.05, 0) is 56.1 Å². The Hall–Kier alpha value is -5.87. The van der Waals surface area contributed by atoms with Crippen LogP contribution in [0.5, 0.6) is 0 Å². The summed E-state index contributed by atoms with van der Waals surface area (Å²) in [4.78, 5) is 14.5. The van der Waals surface area contributed by atoms with Crippen molar-refractivity contribution in [3.63, 3.8) is 0 Å². The SMILES string of the molecule is [B]c1cc2c(cc1[B])c1c([B])c([B])cc([B])c1c1c([B])c(-c3cccc4c3oc3ccc(-c5nc(-c6ccccc6)nc(-c6c([B])c([B])c([B])c([B])c6[B])n5)cc34)c([B])cc21. The topological polar surface area (TPSA) is 51.8 Å². The summed E-state index contributed by atoms with van der Waals surface area (Å²) in [5, 5.41) is 5.55. The van der Waals surface area contributed by atoms with Crippen molar-refractivity contribution < 1.29 is 4.42 Å². The number of nitrogens with zero attached hydrogens (tertiary/aromatic N) is 3. The maximum atomic E-state index is 7.22. The molecule has 0 bridgehead atoms. The van der Waals surface area contributed by atoms with E-state index in [1.807, 2.05) is 72.8 Å². The minimum absolute atomic E-state index is 0.0772. The molecule has 252 valence electrons. The average molecular weight is 743 g/mol. The van der Waals surface area contributed by atoms with Gasteiger partial charge in [0.05, 0.1) is 0 Å². The number of hydrogen-bond donors (Lipinski definition) is 0. The lowest BCUT2D eigenvalue weighted by molar-refractivity contribution is 0.670. The van der Waals surface area contributed by atoms with Crippen LogP contribution in [0.25, 0.3) is 99.5 Å². The first-order valence-corrected chi connectivity index (χ1v) is 18.9. The van der Waals surface area contributed by atoms with Crippen LogP contribution in [0.15, 0.2) is 95.4 Å². The number of hydrogen-bond acceptors (Lipinski definition) is 4. The van der Waals surface area contributed by atoms with Crippen LogP contribution >= 0.6 is 0 Å². The maximum absolute atomic E-state index is 7.22. The second-order valence-electron chi connectivity index (χ2n) is 15.0. The van der Waals surface area contributed by atoms with Gasteiger partial charge in [0, 0.05) is 33.0 Å². The minimum Gasteiger partial charge on any atom is -0.455 e. The summed E-state index contributed by atoms with van der Waals surface area (Å²) in [6, 6.07) is 27.9. The lowest BCUT2D eigenvalue weighted by atomic mass is 9.60. The lowest BCUT2D eigenvalue weighted by Crippen LogP contribution is -2.55. The van der Waals surface area contributed by atoms with Gasteiger partial charge in [-0.25, -0.2) is 15.0 Å². The molecule has 24 radical (unpaired) electrons. The molecule has 0 aliphatic carbocycles. The zero-order chi connectivity index (χ0) is 42.8. The van der Waals surface area contributed by atoms with Gasteiger partial charge in [-0.2, -0.15) is 0 Å². The molecule has 0 N–H and O–H groups in total. The van der Waals surface area contributed by atoms with Gasteiger partial charge in [0.1, 0.15) is 105 Å². The highest BCUT2D eigenvalue weighted by atomic mass is 16.3. The van der Waals surface area contributed by atoms with Crippen LogP contribution in [0.3, 0.4) is 0 Å². The highest BCUT2D eigenvalue weighted by Crippen LogP contribution is 2.39. The van der Waals surface area contributed by atoms with Gasteiger partial charge in [0.15, 0.2) is 17.5 Å². The highest BCUT2D eigenvalue weighted by Gasteiger charge is 2.23. The molecule has 0 aliphatic rings. The Morgan fingerprint density at radius 3 is 1.62 bits per heavy atom. The van der Waals surface area contributed by atoms with Crippen molar-refractivity contribution in [2.45, 2.75) is 0 Å². The van der Waals surface area contributed by atoms with Crippen LogP contribution in [0.2, 0.25) is 0 Å². The Bertz CT molecular complexity index is 3550. The van der Waals surface area contributed by atoms with Crippen LogP contribution in [0.1, 0.15) is 0 Å². The molecular formula is C45H15B12N3O. The van der Waals surface area contributed by atoms with Crippen molar-refractivity contribution in [1.29, 1.82) is 0 Å². The van der Waals surface area contributed by atoms with E-state index in [0.717, 1.165) is 21.7 Å². The van der Waals surface area contributed by atoms with Crippen molar-refractivity contribution in [2.75, 3.05) is 0 Å². The summed E-state index contributed by atoms with van der Waals surface area (Å²) >= 11 is 0. The molecule has 2 heterocycles. The summed E-state index contributed by atoms with van der Waals surface area (Å²) in [6.45, 7) is 0. The molecule has 10 rings (SSSR count). The molecule has 16 heteroatoms. The molecular weight excluding hydrogens is 728 g/mol. The summed E-state index contributed by atoms with van der Waals surface area (Å²) in [6.07, 6.45) is 0. The predicted molar refractivity (Wildman–Crippen MR) is 266 cm³/mol. The smallest absolute Gasteiger partial charge is 0.164 e. The fourth-order valence-corrected chi connectivity index (χ4v) is 8.42. The highest BCUT2D eigenvalue weighted by molar-refractivity contribution is 6.69. The van der Waals surface area contributed by atoms with Crippen molar-refractivity contribution in [3.05, 3.63) is 91.0 Å². The van der Waals surface area contributed by atoms with Crippen LogP contribution in [-0.2, 0) is 0 Å². The van der Waals surface area contributed by atoms with Crippen LogP contribution < -0.4 is 65.6 Å². The molecule has 0 aliphatic heterocycles. The van der Waals surface area contributed by atoms with Crippen molar-refractivity contribution >= 4 is 214 Å². The first-order valence-electron chi connectivity index (χ1n) is 18.9. The standard InChI is InChI=1S/C45H15B12N3O/c46-24-12-20-22(13-25(24)47)31-33(27(49)15-28(50)35(31)51)32-23(20)14-26(48)30(36(32)52)19-8-4-7-18-21-11-17(9-10-29(21)61-42(18)19)44-58-43(16-5-2-1-3-6-16)59-45(60-44)34-37(53)39(55)41(57)40(56)38(34)54/h1-15H. The van der Waals surface area contributed by atoms with Gasteiger partial charge in [0.2, 0.25) is 0 Å². The van der Waals surface area contributed by atoms with E-state index >= 15 is 0 Å². The van der Waals surface area contributed by atoms with Crippen LogP contribution in [0.4, 0.5) is 0 Å². The molecule has 0 fully saturated rings. The van der Waals surface area contributed by atoms with Crippen LogP contribution in [0, 0.1) is 0 Å². The van der Waals surface area contributed by atoms with Gasteiger partial charge >= 0.3 is 0 Å². The van der Waals surface area contributed by atoms with Crippen LogP contribution in [-0.4, -0.2) is 109 Å². The quantitative estimate of drug-likeness (QED) is 0.147. The van der Waals surface area contributed by atoms with E-state index < -0.39 is 0 Å². The van der Waals surface area contributed by atoms with Gasteiger partial charge in [0.25, 0.3) is 0 Å². The molecule has 10 aromatic rings. The zero-order valence-corrected chi connectivity index (χ0v) is 32.3. The largest absolute Gasteiger partial charge is 0.455 e. The lowest BCUT2D eigenvalue weighted by Gasteiger charge is -2.23. The third kappa shape index (κ3) is 5.96. The molecule has 4 nitrogen and oxygen atoms in total. The second-order valence-corrected chi connectivity index (χ2v) is 15.0. The Balaban J connectivity index is 1.20. The monoisotopic (exact) mass is 745 g/mol. The average Bonchev–Trinajstić information content (AvgIpc) is 3.63. The minimum atomic E-state index is 0.0772. The zero-order valence-electron chi connectivity index (χ0n) is 32.3. The van der Waals surface area contributed by atoms with E-state index in [-0.39, 0.29) is 38.7 Å². The van der Waals surface area contributed by atoms with E-state index in [1.54, 1.807) is 18.2 Å². The number of fused-ring (bicyclic) bond motifs is 9. The van der Waals surface area contributed by atoms with E-state index in [2.05, 4.69) is 0 Å². The molecule has 2 aromatic heterocycles. The van der Waals surface area contributed by atoms with Crippen molar-refractivity contribution in [3.8, 4) is 45.3 Å². The molecule has 0 atom stereocenters. The fourth-order valence-electron chi connectivity index (χ4n) is 8.42. The van der Waals surface area contributed by atoms with Gasteiger partial charge < -0.3 is 4.42 Å². The molecule has 0 unspecified atom stereocenters. The summed E-state index contributed by atoms with van der Waals surface area (Å²) < 4.78 is 6.62. The van der Waals surface area contributed by atoms with Crippen molar-refractivity contribution in [1.82, 2.24) is 15.0 Å². The van der Waals surface area contributed by atoms with E-state index in [4.69, 9.17) is 114 Å². The number of para-hydroxylation sites is 1. The Labute approximate surface area is 367 Å². The molecule has 0 amide bonds. The number of rotatable bonds is 4. The molecule has 8 aromatic carbocycles. The first kappa shape index (κ1) is 39.3. The first-order chi connectivity index (χ1) is 29.2. The van der Waals surface area contributed by atoms with Gasteiger partial charge in [-0.1, -0.05) is 106 Å². The Kier molecular flexibility index (Phi) is 9.25. The molecule has 0 saturated heterocycles. The van der Waals surface area contributed by atoms with Gasteiger partial charge in [-0.15, -0.1) is 32.8 Å².